The van der Waals surface area contributed by atoms with Crippen molar-refractivity contribution in [2.75, 3.05) is 5.73 Å². The summed E-state index contributed by atoms with van der Waals surface area (Å²) >= 11 is 0. The summed E-state index contributed by atoms with van der Waals surface area (Å²) in [7, 11) is 0. The Balaban J connectivity index is 1.46. The number of carbonyl (C=O) groups excluding carboxylic acids is 2. The standard InChI is InChI=1S/C26H24N4O2/c1-17-7-12-22(20(15-17)9-8-18-5-3-2-4-6-18)26(32)30-29-25(31)21-11-10-19-13-14-28-24(27)23(19)16-21/h2-7,10-16H,8-9H2,1H3,(H2,27,28)(H,29,31)(H,30,32). The van der Waals surface area contributed by atoms with E-state index in [1.807, 2.05) is 43.3 Å². The van der Waals surface area contributed by atoms with Crippen LogP contribution in [-0.4, -0.2) is 16.8 Å². The first-order valence-corrected chi connectivity index (χ1v) is 10.4. The van der Waals surface area contributed by atoms with Gasteiger partial charge in [0.05, 0.1) is 0 Å². The summed E-state index contributed by atoms with van der Waals surface area (Å²) in [6.45, 7) is 2.00. The molecule has 4 rings (SSSR count). The van der Waals surface area contributed by atoms with Crippen molar-refractivity contribution in [2.24, 2.45) is 0 Å². The lowest BCUT2D eigenvalue weighted by Crippen LogP contribution is -2.42. The van der Waals surface area contributed by atoms with Crippen molar-refractivity contribution in [2.45, 2.75) is 19.8 Å². The van der Waals surface area contributed by atoms with E-state index in [2.05, 4.69) is 28.0 Å². The minimum atomic E-state index is -0.429. The summed E-state index contributed by atoms with van der Waals surface area (Å²) in [5.41, 5.74) is 15.1. The van der Waals surface area contributed by atoms with Gasteiger partial charge in [-0.1, -0.05) is 54.1 Å². The first-order chi connectivity index (χ1) is 15.5. The Kier molecular flexibility index (Phi) is 6.12. The molecule has 6 nitrogen and oxygen atoms in total. The number of pyridine rings is 1. The molecular formula is C26H24N4O2. The summed E-state index contributed by atoms with van der Waals surface area (Å²) in [6, 6.07) is 22.8. The van der Waals surface area contributed by atoms with Crippen LogP contribution in [0.1, 0.15) is 37.4 Å². The van der Waals surface area contributed by atoms with Gasteiger partial charge in [0.15, 0.2) is 0 Å². The lowest BCUT2D eigenvalue weighted by atomic mass is 9.97. The zero-order valence-corrected chi connectivity index (χ0v) is 17.8. The van der Waals surface area contributed by atoms with Crippen LogP contribution in [0.2, 0.25) is 0 Å². The SMILES string of the molecule is Cc1ccc(C(=O)NNC(=O)c2ccc3ccnc(N)c3c2)c(CCc2ccccc2)c1. The molecule has 0 aliphatic rings. The maximum Gasteiger partial charge on any atom is 0.269 e. The summed E-state index contributed by atoms with van der Waals surface area (Å²) in [4.78, 5) is 29.5. The number of nitrogens with zero attached hydrogens (tertiary/aromatic N) is 1. The number of nitrogens with two attached hydrogens (primary N) is 1. The Morgan fingerprint density at radius 2 is 1.66 bits per heavy atom. The number of carbonyl (C=O) groups is 2. The Hall–Kier alpha value is -4.19. The number of anilines is 1. The van der Waals surface area contributed by atoms with E-state index in [-0.39, 0.29) is 5.91 Å². The maximum atomic E-state index is 12.8. The third-order valence-corrected chi connectivity index (χ3v) is 5.38. The molecule has 4 aromatic rings. The fourth-order valence-electron chi connectivity index (χ4n) is 3.66. The molecule has 1 heterocycles. The van der Waals surface area contributed by atoms with Gasteiger partial charge in [0.2, 0.25) is 0 Å². The fourth-order valence-corrected chi connectivity index (χ4v) is 3.66. The van der Waals surface area contributed by atoms with Crippen LogP contribution in [-0.2, 0) is 12.8 Å². The van der Waals surface area contributed by atoms with Crippen LogP contribution in [0.3, 0.4) is 0 Å². The van der Waals surface area contributed by atoms with Crippen LogP contribution >= 0.6 is 0 Å². The minimum Gasteiger partial charge on any atom is -0.383 e. The predicted molar refractivity (Wildman–Crippen MR) is 126 cm³/mol. The molecule has 2 amide bonds. The van der Waals surface area contributed by atoms with Crippen molar-refractivity contribution < 1.29 is 9.59 Å². The molecule has 6 heteroatoms. The van der Waals surface area contributed by atoms with Crippen molar-refractivity contribution in [3.05, 3.63) is 107 Å². The van der Waals surface area contributed by atoms with Gasteiger partial charge in [0, 0.05) is 22.7 Å². The number of hydrogen-bond acceptors (Lipinski definition) is 4. The molecule has 0 aliphatic carbocycles. The highest BCUT2D eigenvalue weighted by Crippen LogP contribution is 2.20. The molecule has 0 saturated carbocycles. The van der Waals surface area contributed by atoms with Crippen LogP contribution in [0.25, 0.3) is 10.8 Å². The summed E-state index contributed by atoms with van der Waals surface area (Å²) in [5.74, 6) is -0.436. The Labute approximate surface area is 186 Å². The van der Waals surface area contributed by atoms with Gasteiger partial charge in [0.25, 0.3) is 11.8 Å². The van der Waals surface area contributed by atoms with Crippen molar-refractivity contribution in [3.8, 4) is 0 Å². The second-order valence-electron chi connectivity index (χ2n) is 7.69. The number of benzene rings is 3. The zero-order valence-electron chi connectivity index (χ0n) is 17.8. The second-order valence-corrected chi connectivity index (χ2v) is 7.69. The van der Waals surface area contributed by atoms with Gasteiger partial charge in [-0.3, -0.25) is 20.4 Å². The highest BCUT2D eigenvalue weighted by atomic mass is 16.2. The Morgan fingerprint density at radius 1 is 0.875 bits per heavy atom. The lowest BCUT2D eigenvalue weighted by molar-refractivity contribution is 0.0846. The van der Waals surface area contributed by atoms with Crippen molar-refractivity contribution in [3.63, 3.8) is 0 Å². The van der Waals surface area contributed by atoms with E-state index < -0.39 is 5.91 Å². The normalized spacial score (nSPS) is 10.7. The topological polar surface area (TPSA) is 97.1 Å². The van der Waals surface area contributed by atoms with Crippen LogP contribution in [0.5, 0.6) is 0 Å². The molecule has 1 aromatic heterocycles. The molecule has 0 spiro atoms. The van der Waals surface area contributed by atoms with Gasteiger partial charge in [-0.25, -0.2) is 4.98 Å². The molecule has 4 N–H and O–H groups in total. The number of aromatic nitrogens is 1. The fraction of sp³-hybridized carbons (Fsp3) is 0.115. The van der Waals surface area contributed by atoms with Crippen LogP contribution < -0.4 is 16.6 Å². The number of fused-ring (bicyclic) bond motifs is 1. The van der Waals surface area contributed by atoms with Gasteiger partial charge in [-0.15, -0.1) is 0 Å². The summed E-state index contributed by atoms with van der Waals surface area (Å²) in [6.07, 6.45) is 3.16. The van der Waals surface area contributed by atoms with E-state index in [0.717, 1.165) is 29.4 Å². The molecular weight excluding hydrogens is 400 g/mol. The number of rotatable bonds is 5. The summed E-state index contributed by atoms with van der Waals surface area (Å²) in [5, 5.41) is 1.58. The van der Waals surface area contributed by atoms with Gasteiger partial charge >= 0.3 is 0 Å². The third-order valence-electron chi connectivity index (χ3n) is 5.38. The predicted octanol–water partition coefficient (Wildman–Crippen LogP) is 3.99. The third kappa shape index (κ3) is 4.75. The first kappa shape index (κ1) is 21.1. The van der Waals surface area contributed by atoms with Gasteiger partial charge < -0.3 is 5.73 Å². The average molecular weight is 425 g/mol. The van der Waals surface area contributed by atoms with Gasteiger partial charge in [-0.05, 0) is 60.5 Å². The van der Waals surface area contributed by atoms with E-state index in [9.17, 15) is 9.59 Å². The summed E-state index contributed by atoms with van der Waals surface area (Å²) < 4.78 is 0. The minimum absolute atomic E-state index is 0.351. The smallest absolute Gasteiger partial charge is 0.269 e. The molecule has 0 saturated heterocycles. The number of nitrogen functional groups attached to an aromatic ring is 1. The lowest BCUT2D eigenvalue weighted by Gasteiger charge is -2.13. The molecule has 0 unspecified atom stereocenters. The van der Waals surface area contributed by atoms with Crippen molar-refractivity contribution >= 4 is 28.4 Å². The molecule has 0 fully saturated rings. The van der Waals surface area contributed by atoms with E-state index >= 15 is 0 Å². The first-order valence-electron chi connectivity index (χ1n) is 10.4. The highest BCUT2D eigenvalue weighted by Gasteiger charge is 2.14. The second kappa shape index (κ2) is 9.31. The molecule has 160 valence electrons. The monoisotopic (exact) mass is 424 g/mol. The molecule has 0 atom stereocenters. The molecule has 0 radical (unpaired) electrons. The quantitative estimate of drug-likeness (QED) is 0.422. The number of aryl methyl sites for hydroxylation is 3. The van der Waals surface area contributed by atoms with Crippen LogP contribution in [0.15, 0.2) is 79.0 Å². The van der Waals surface area contributed by atoms with E-state index in [1.165, 1.54) is 5.56 Å². The van der Waals surface area contributed by atoms with Gasteiger partial charge in [0.1, 0.15) is 5.82 Å². The average Bonchev–Trinajstić information content (AvgIpc) is 2.82. The van der Waals surface area contributed by atoms with Crippen LogP contribution in [0.4, 0.5) is 5.82 Å². The van der Waals surface area contributed by atoms with E-state index in [4.69, 9.17) is 5.73 Å². The zero-order chi connectivity index (χ0) is 22.5. The number of nitrogens with one attached hydrogen (secondary N) is 2. The largest absolute Gasteiger partial charge is 0.383 e. The maximum absolute atomic E-state index is 12.8. The van der Waals surface area contributed by atoms with E-state index in [1.54, 1.807) is 30.5 Å². The number of hydrogen-bond donors (Lipinski definition) is 3. The highest BCUT2D eigenvalue weighted by molar-refractivity contribution is 6.03. The molecule has 0 bridgehead atoms. The van der Waals surface area contributed by atoms with E-state index in [0.29, 0.717) is 22.3 Å². The van der Waals surface area contributed by atoms with Crippen molar-refractivity contribution in [1.29, 1.82) is 0 Å². The Bertz CT molecular complexity index is 1290. The number of hydrazine groups is 1. The molecule has 3 aromatic carbocycles. The van der Waals surface area contributed by atoms with Crippen molar-refractivity contribution in [1.82, 2.24) is 15.8 Å². The number of amides is 2. The molecule has 0 aliphatic heterocycles. The van der Waals surface area contributed by atoms with Crippen LogP contribution in [0, 0.1) is 6.92 Å². The molecule has 32 heavy (non-hydrogen) atoms. The Morgan fingerprint density at radius 3 is 2.47 bits per heavy atom. The van der Waals surface area contributed by atoms with Gasteiger partial charge in [-0.2, -0.15) is 0 Å².